The standard InChI is InChI=1S/C21H19FN4O3S/c1-29-17-5-3-2-4-13(17)10-18-24-25-21(30-18)23-20(28)14-11-19(27)26(12-14)16-8-6-15(22)7-9-16/h2-9,14H,10-12H2,1H3,(H,23,25,28). The van der Waals surface area contributed by atoms with Gasteiger partial charge in [-0.25, -0.2) is 4.39 Å². The van der Waals surface area contributed by atoms with Gasteiger partial charge in [0.05, 0.1) is 13.0 Å². The van der Waals surface area contributed by atoms with Gasteiger partial charge in [0.1, 0.15) is 16.6 Å². The van der Waals surface area contributed by atoms with Gasteiger partial charge >= 0.3 is 0 Å². The van der Waals surface area contributed by atoms with Crippen LogP contribution in [-0.2, 0) is 16.0 Å². The van der Waals surface area contributed by atoms with Gasteiger partial charge < -0.3 is 15.0 Å². The fraction of sp³-hybridized carbons (Fsp3) is 0.238. The second kappa shape index (κ2) is 8.58. The van der Waals surface area contributed by atoms with E-state index in [0.29, 0.717) is 17.2 Å². The molecule has 2 aromatic carbocycles. The molecule has 7 nitrogen and oxygen atoms in total. The zero-order valence-corrected chi connectivity index (χ0v) is 17.0. The van der Waals surface area contributed by atoms with Gasteiger partial charge in [0.15, 0.2) is 0 Å². The Morgan fingerprint density at radius 1 is 1.23 bits per heavy atom. The smallest absolute Gasteiger partial charge is 0.231 e. The summed E-state index contributed by atoms with van der Waals surface area (Å²) in [5.41, 5.74) is 1.55. The minimum Gasteiger partial charge on any atom is -0.496 e. The maximum atomic E-state index is 13.1. The Bertz CT molecular complexity index is 1070. The molecule has 1 unspecified atom stereocenters. The predicted octanol–water partition coefficient (Wildman–Crippen LogP) is 3.27. The van der Waals surface area contributed by atoms with Crippen LogP contribution in [0.5, 0.6) is 5.75 Å². The third-order valence-corrected chi connectivity index (χ3v) is 5.70. The Kier molecular flexibility index (Phi) is 5.71. The number of aromatic nitrogens is 2. The Balaban J connectivity index is 1.39. The molecule has 1 aliphatic rings. The maximum Gasteiger partial charge on any atom is 0.231 e. The third-order valence-electron chi connectivity index (χ3n) is 4.87. The van der Waals surface area contributed by atoms with E-state index in [1.807, 2.05) is 24.3 Å². The molecule has 4 rings (SSSR count). The van der Waals surface area contributed by atoms with Crippen LogP contribution in [0.15, 0.2) is 48.5 Å². The van der Waals surface area contributed by atoms with Crippen LogP contribution >= 0.6 is 11.3 Å². The number of amides is 2. The van der Waals surface area contributed by atoms with Crippen LogP contribution in [0.25, 0.3) is 0 Å². The summed E-state index contributed by atoms with van der Waals surface area (Å²) in [6.45, 7) is 0.239. The second-order valence-corrected chi connectivity index (χ2v) is 7.92. The van der Waals surface area contributed by atoms with Gasteiger partial charge in [0, 0.05) is 30.6 Å². The van der Waals surface area contributed by atoms with E-state index in [4.69, 9.17) is 4.74 Å². The number of nitrogens with one attached hydrogen (secondary N) is 1. The van der Waals surface area contributed by atoms with Crippen LogP contribution in [-0.4, -0.2) is 35.7 Å². The van der Waals surface area contributed by atoms with Crippen molar-refractivity contribution in [3.05, 3.63) is 64.9 Å². The van der Waals surface area contributed by atoms with Crippen LogP contribution in [0, 0.1) is 11.7 Å². The Labute approximate surface area is 176 Å². The van der Waals surface area contributed by atoms with Gasteiger partial charge in [0.25, 0.3) is 0 Å². The molecule has 1 N–H and O–H groups in total. The first-order valence-corrected chi connectivity index (χ1v) is 10.2. The van der Waals surface area contributed by atoms with E-state index in [1.165, 1.54) is 40.5 Å². The molecule has 0 radical (unpaired) electrons. The van der Waals surface area contributed by atoms with Crippen LogP contribution in [0.4, 0.5) is 15.2 Å². The number of ether oxygens (including phenoxy) is 1. The topological polar surface area (TPSA) is 84.4 Å². The number of benzene rings is 2. The molecule has 1 fully saturated rings. The quantitative estimate of drug-likeness (QED) is 0.654. The van der Waals surface area contributed by atoms with Crippen LogP contribution < -0.4 is 15.0 Å². The molecule has 1 aromatic heterocycles. The van der Waals surface area contributed by atoms with Gasteiger partial charge in [-0.15, -0.1) is 10.2 Å². The molecule has 0 saturated carbocycles. The Morgan fingerprint density at radius 3 is 2.77 bits per heavy atom. The van der Waals surface area contributed by atoms with Gasteiger partial charge in [0.2, 0.25) is 16.9 Å². The van der Waals surface area contributed by atoms with E-state index in [2.05, 4.69) is 15.5 Å². The molecule has 0 bridgehead atoms. The summed E-state index contributed by atoms with van der Waals surface area (Å²) in [6, 6.07) is 13.3. The number of nitrogens with zero attached hydrogens (tertiary/aromatic N) is 3. The first-order chi connectivity index (χ1) is 14.5. The first kappa shape index (κ1) is 20.0. The fourth-order valence-electron chi connectivity index (χ4n) is 3.35. The molecule has 1 aliphatic heterocycles. The lowest BCUT2D eigenvalue weighted by molar-refractivity contribution is -0.122. The molecule has 3 aromatic rings. The summed E-state index contributed by atoms with van der Waals surface area (Å²) >= 11 is 1.28. The van der Waals surface area contributed by atoms with Crippen LogP contribution in [0.1, 0.15) is 17.0 Å². The maximum absolute atomic E-state index is 13.1. The Morgan fingerprint density at radius 2 is 2.00 bits per heavy atom. The molecule has 154 valence electrons. The molecule has 9 heteroatoms. The van der Waals surface area contributed by atoms with Crippen molar-refractivity contribution in [2.24, 2.45) is 5.92 Å². The van der Waals surface area contributed by atoms with E-state index in [1.54, 1.807) is 7.11 Å². The van der Waals surface area contributed by atoms with Gasteiger partial charge in [-0.05, 0) is 30.3 Å². The van der Waals surface area contributed by atoms with E-state index in [9.17, 15) is 14.0 Å². The van der Waals surface area contributed by atoms with E-state index >= 15 is 0 Å². The molecule has 2 amide bonds. The largest absolute Gasteiger partial charge is 0.496 e. The number of anilines is 2. The summed E-state index contributed by atoms with van der Waals surface area (Å²) in [5, 5.41) is 12.1. The second-order valence-electron chi connectivity index (χ2n) is 6.86. The SMILES string of the molecule is COc1ccccc1Cc1nnc(NC(=O)C2CC(=O)N(c3ccc(F)cc3)C2)s1. The zero-order valence-electron chi connectivity index (χ0n) is 16.2. The lowest BCUT2D eigenvalue weighted by Gasteiger charge is -2.16. The van der Waals surface area contributed by atoms with Crippen LogP contribution in [0.3, 0.4) is 0 Å². The molecule has 1 atom stereocenters. The molecule has 0 spiro atoms. The summed E-state index contributed by atoms with van der Waals surface area (Å²) in [6.07, 6.45) is 0.633. The molecule has 0 aliphatic carbocycles. The van der Waals surface area contributed by atoms with E-state index in [0.717, 1.165) is 16.3 Å². The molecular formula is C21H19FN4O3S. The number of methoxy groups -OCH3 is 1. The Hall–Kier alpha value is -3.33. The van der Waals surface area contributed by atoms with Crippen LogP contribution in [0.2, 0.25) is 0 Å². The number of carbonyl (C=O) groups excluding carboxylic acids is 2. The highest BCUT2D eigenvalue weighted by Gasteiger charge is 2.35. The third kappa shape index (κ3) is 4.30. The highest BCUT2D eigenvalue weighted by molar-refractivity contribution is 7.15. The summed E-state index contributed by atoms with van der Waals surface area (Å²) < 4.78 is 18.5. The van der Waals surface area contributed by atoms with Gasteiger partial charge in [-0.1, -0.05) is 29.5 Å². The molecule has 1 saturated heterocycles. The van der Waals surface area contributed by atoms with Crippen molar-refractivity contribution in [1.82, 2.24) is 10.2 Å². The van der Waals surface area contributed by atoms with Crippen molar-refractivity contribution in [2.45, 2.75) is 12.8 Å². The lowest BCUT2D eigenvalue weighted by atomic mass is 10.1. The number of hydrogen-bond donors (Lipinski definition) is 1. The van der Waals surface area contributed by atoms with Crippen molar-refractivity contribution >= 4 is 34.0 Å². The first-order valence-electron chi connectivity index (χ1n) is 9.34. The highest BCUT2D eigenvalue weighted by Crippen LogP contribution is 2.28. The minimum absolute atomic E-state index is 0.0933. The zero-order chi connectivity index (χ0) is 21.1. The van der Waals surface area contributed by atoms with Crippen molar-refractivity contribution in [3.63, 3.8) is 0 Å². The number of hydrogen-bond acceptors (Lipinski definition) is 6. The predicted molar refractivity (Wildman–Crippen MR) is 111 cm³/mol. The number of rotatable bonds is 6. The monoisotopic (exact) mass is 426 g/mol. The van der Waals surface area contributed by atoms with Crippen molar-refractivity contribution in [2.75, 3.05) is 23.9 Å². The summed E-state index contributed by atoms with van der Waals surface area (Å²) in [7, 11) is 1.61. The van der Waals surface area contributed by atoms with E-state index < -0.39 is 5.92 Å². The summed E-state index contributed by atoms with van der Waals surface area (Å²) in [4.78, 5) is 26.4. The normalized spacial score (nSPS) is 16.0. The van der Waals surface area contributed by atoms with Crippen molar-refractivity contribution in [1.29, 1.82) is 0 Å². The number of halogens is 1. The number of para-hydroxylation sites is 1. The lowest BCUT2D eigenvalue weighted by Crippen LogP contribution is -2.28. The molecular weight excluding hydrogens is 407 g/mol. The molecule has 2 heterocycles. The van der Waals surface area contributed by atoms with Crippen molar-refractivity contribution in [3.8, 4) is 5.75 Å². The van der Waals surface area contributed by atoms with Gasteiger partial charge in [-0.3, -0.25) is 9.59 Å². The minimum atomic E-state index is -0.510. The van der Waals surface area contributed by atoms with Crippen molar-refractivity contribution < 1.29 is 18.7 Å². The highest BCUT2D eigenvalue weighted by atomic mass is 32.1. The average molecular weight is 426 g/mol. The fourth-order valence-corrected chi connectivity index (χ4v) is 4.11. The average Bonchev–Trinajstić information content (AvgIpc) is 3.35. The number of carbonyl (C=O) groups is 2. The van der Waals surface area contributed by atoms with E-state index in [-0.39, 0.29) is 30.6 Å². The molecule has 30 heavy (non-hydrogen) atoms. The van der Waals surface area contributed by atoms with Gasteiger partial charge in [-0.2, -0.15) is 0 Å². The summed E-state index contributed by atoms with van der Waals surface area (Å²) in [5.74, 6) is -0.573.